The molecule has 1 aliphatic rings. The molecule has 1 heterocycles. The van der Waals surface area contributed by atoms with E-state index in [1.165, 1.54) is 0 Å². The second kappa shape index (κ2) is 9.96. The van der Waals surface area contributed by atoms with Crippen LogP contribution in [-0.2, 0) is 4.79 Å². The van der Waals surface area contributed by atoms with Gasteiger partial charge in [-0.25, -0.2) is 0 Å². The van der Waals surface area contributed by atoms with E-state index in [1.54, 1.807) is 6.07 Å². The normalized spacial score (nSPS) is 13.4. The first-order chi connectivity index (χ1) is 14.0. The third-order valence-corrected chi connectivity index (χ3v) is 4.66. The topological polar surface area (TPSA) is 70.7 Å². The number of hydrogen-bond donors (Lipinski definition) is 2. The molecule has 1 aliphatic heterocycles. The van der Waals surface area contributed by atoms with Crippen molar-refractivity contribution in [3.05, 3.63) is 54.1 Å². The first kappa shape index (κ1) is 20.7. The molecule has 0 unspecified atom stereocenters. The molecule has 2 aromatic rings. The minimum absolute atomic E-state index is 0.0498. The number of rotatable bonds is 8. The van der Waals surface area contributed by atoms with Crippen molar-refractivity contribution in [1.29, 1.82) is 0 Å². The summed E-state index contributed by atoms with van der Waals surface area (Å²) in [7, 11) is 0. The van der Waals surface area contributed by atoms with Gasteiger partial charge >= 0.3 is 0 Å². The second-order valence-electron chi connectivity index (χ2n) is 7.71. The van der Waals surface area contributed by atoms with Crippen molar-refractivity contribution in [3.8, 4) is 5.75 Å². The van der Waals surface area contributed by atoms with E-state index >= 15 is 0 Å². The molecule has 1 fully saturated rings. The second-order valence-corrected chi connectivity index (χ2v) is 7.71. The van der Waals surface area contributed by atoms with Crippen LogP contribution in [0.2, 0.25) is 0 Å². The number of amides is 2. The fourth-order valence-electron chi connectivity index (χ4n) is 3.18. The van der Waals surface area contributed by atoms with E-state index < -0.39 is 0 Å². The summed E-state index contributed by atoms with van der Waals surface area (Å²) < 4.78 is 5.69. The molecule has 0 spiro atoms. The predicted octanol–water partition coefficient (Wildman–Crippen LogP) is 4.01. The van der Waals surface area contributed by atoms with Crippen molar-refractivity contribution in [2.75, 3.05) is 36.9 Å². The van der Waals surface area contributed by atoms with Gasteiger partial charge in [-0.3, -0.25) is 9.59 Å². The van der Waals surface area contributed by atoms with Crippen LogP contribution in [0.3, 0.4) is 0 Å². The molecule has 154 valence electrons. The molecular weight excluding hydrogens is 366 g/mol. The molecule has 0 aromatic heterocycles. The van der Waals surface area contributed by atoms with Gasteiger partial charge in [-0.15, -0.1) is 0 Å². The summed E-state index contributed by atoms with van der Waals surface area (Å²) in [5, 5.41) is 5.96. The monoisotopic (exact) mass is 395 g/mol. The predicted molar refractivity (Wildman–Crippen MR) is 115 cm³/mol. The molecule has 0 saturated carbocycles. The van der Waals surface area contributed by atoms with E-state index in [2.05, 4.69) is 24.5 Å². The molecule has 0 radical (unpaired) electrons. The third kappa shape index (κ3) is 6.24. The molecular formula is C23H29N3O3. The Balaban J connectivity index is 1.52. The SMILES string of the molecule is CC(C)COc1cccc(NC(=O)CNc2cccc(C(=O)N3CCCC3)c2)c1. The van der Waals surface area contributed by atoms with Crippen molar-refractivity contribution < 1.29 is 14.3 Å². The highest BCUT2D eigenvalue weighted by Gasteiger charge is 2.19. The summed E-state index contributed by atoms with van der Waals surface area (Å²) in [5.41, 5.74) is 2.09. The summed E-state index contributed by atoms with van der Waals surface area (Å²) in [4.78, 5) is 26.7. The highest BCUT2D eigenvalue weighted by atomic mass is 16.5. The highest BCUT2D eigenvalue weighted by molar-refractivity contribution is 5.96. The number of carbonyl (C=O) groups is 2. The van der Waals surface area contributed by atoms with Crippen LogP contribution in [0.5, 0.6) is 5.75 Å². The molecule has 2 aromatic carbocycles. The lowest BCUT2D eigenvalue weighted by Gasteiger charge is -2.16. The molecule has 2 N–H and O–H groups in total. The largest absolute Gasteiger partial charge is 0.493 e. The molecule has 29 heavy (non-hydrogen) atoms. The molecule has 1 saturated heterocycles. The molecule has 6 nitrogen and oxygen atoms in total. The summed E-state index contributed by atoms with van der Waals surface area (Å²) in [6, 6.07) is 14.7. The lowest BCUT2D eigenvalue weighted by Crippen LogP contribution is -2.27. The number of likely N-dealkylation sites (tertiary alicyclic amines) is 1. The van der Waals surface area contributed by atoms with Crippen molar-refractivity contribution in [2.24, 2.45) is 5.92 Å². The zero-order chi connectivity index (χ0) is 20.6. The Bertz CT molecular complexity index is 845. The number of anilines is 2. The zero-order valence-corrected chi connectivity index (χ0v) is 17.1. The van der Waals surface area contributed by atoms with Gasteiger partial charge in [0.05, 0.1) is 13.2 Å². The molecule has 0 bridgehead atoms. The zero-order valence-electron chi connectivity index (χ0n) is 17.1. The molecule has 2 amide bonds. The van der Waals surface area contributed by atoms with Gasteiger partial charge in [-0.05, 0) is 49.1 Å². The number of ether oxygens (including phenoxy) is 1. The average Bonchev–Trinajstić information content (AvgIpc) is 3.25. The van der Waals surface area contributed by atoms with Crippen molar-refractivity contribution >= 4 is 23.2 Å². The van der Waals surface area contributed by atoms with E-state index in [0.717, 1.165) is 37.4 Å². The van der Waals surface area contributed by atoms with Crippen LogP contribution in [0, 0.1) is 5.92 Å². The average molecular weight is 396 g/mol. The van der Waals surface area contributed by atoms with Gasteiger partial charge in [0, 0.05) is 36.1 Å². The van der Waals surface area contributed by atoms with E-state index in [-0.39, 0.29) is 18.4 Å². The fourth-order valence-corrected chi connectivity index (χ4v) is 3.18. The first-order valence-electron chi connectivity index (χ1n) is 10.2. The highest BCUT2D eigenvalue weighted by Crippen LogP contribution is 2.19. The standard InChI is InChI=1S/C23H29N3O3/c1-17(2)16-29-21-10-6-9-20(14-21)25-22(27)15-24-19-8-5-7-18(13-19)23(28)26-11-3-4-12-26/h5-10,13-14,17,24H,3-4,11-12,15-16H2,1-2H3,(H,25,27). The van der Waals surface area contributed by atoms with Crippen molar-refractivity contribution in [2.45, 2.75) is 26.7 Å². The minimum atomic E-state index is -0.165. The third-order valence-electron chi connectivity index (χ3n) is 4.66. The van der Waals surface area contributed by atoms with Crippen molar-refractivity contribution in [3.63, 3.8) is 0 Å². The quantitative estimate of drug-likeness (QED) is 0.709. The Morgan fingerprint density at radius 2 is 1.76 bits per heavy atom. The Labute approximate surface area is 172 Å². The molecule has 0 atom stereocenters. The maximum atomic E-state index is 12.5. The van der Waals surface area contributed by atoms with Crippen LogP contribution in [-0.4, -0.2) is 43.0 Å². The van der Waals surface area contributed by atoms with Gasteiger partial charge in [0.1, 0.15) is 5.75 Å². The summed E-state index contributed by atoms with van der Waals surface area (Å²) in [6.07, 6.45) is 2.13. The van der Waals surface area contributed by atoms with Crippen LogP contribution in [0.4, 0.5) is 11.4 Å². The smallest absolute Gasteiger partial charge is 0.253 e. The Kier molecular flexibility index (Phi) is 7.11. The summed E-state index contributed by atoms with van der Waals surface area (Å²) >= 11 is 0. The maximum Gasteiger partial charge on any atom is 0.253 e. The van der Waals surface area contributed by atoms with Gasteiger partial charge in [0.15, 0.2) is 0 Å². The molecule has 0 aliphatic carbocycles. The summed E-state index contributed by atoms with van der Waals surface area (Å²) in [6.45, 7) is 6.55. The van der Waals surface area contributed by atoms with Gasteiger partial charge in [-0.2, -0.15) is 0 Å². The Morgan fingerprint density at radius 3 is 2.52 bits per heavy atom. The number of benzene rings is 2. The first-order valence-corrected chi connectivity index (χ1v) is 10.2. The van der Waals surface area contributed by atoms with Gasteiger partial charge < -0.3 is 20.3 Å². The summed E-state index contributed by atoms with van der Waals surface area (Å²) in [5.74, 6) is 1.05. The van der Waals surface area contributed by atoms with E-state index in [9.17, 15) is 9.59 Å². The Morgan fingerprint density at radius 1 is 1.03 bits per heavy atom. The van der Waals surface area contributed by atoms with Crippen LogP contribution < -0.4 is 15.4 Å². The lowest BCUT2D eigenvalue weighted by atomic mass is 10.1. The van der Waals surface area contributed by atoms with Gasteiger partial charge in [-0.1, -0.05) is 26.0 Å². The van der Waals surface area contributed by atoms with E-state index in [1.807, 2.05) is 47.4 Å². The van der Waals surface area contributed by atoms with E-state index in [4.69, 9.17) is 4.74 Å². The lowest BCUT2D eigenvalue weighted by molar-refractivity contribution is -0.114. The number of nitrogens with zero attached hydrogens (tertiary/aromatic N) is 1. The van der Waals surface area contributed by atoms with Gasteiger partial charge in [0.2, 0.25) is 5.91 Å². The van der Waals surface area contributed by atoms with Crippen LogP contribution in [0.15, 0.2) is 48.5 Å². The minimum Gasteiger partial charge on any atom is -0.493 e. The molecule has 3 rings (SSSR count). The number of hydrogen-bond acceptors (Lipinski definition) is 4. The number of nitrogens with one attached hydrogen (secondary N) is 2. The fraction of sp³-hybridized carbons (Fsp3) is 0.391. The maximum absolute atomic E-state index is 12.5. The van der Waals surface area contributed by atoms with Crippen LogP contribution >= 0.6 is 0 Å². The Hall–Kier alpha value is -3.02. The number of carbonyl (C=O) groups excluding carboxylic acids is 2. The van der Waals surface area contributed by atoms with Gasteiger partial charge in [0.25, 0.3) is 5.91 Å². The van der Waals surface area contributed by atoms with Crippen LogP contribution in [0.25, 0.3) is 0 Å². The van der Waals surface area contributed by atoms with E-state index in [0.29, 0.717) is 23.8 Å². The van der Waals surface area contributed by atoms with Crippen molar-refractivity contribution in [1.82, 2.24) is 4.90 Å². The van der Waals surface area contributed by atoms with Crippen LogP contribution in [0.1, 0.15) is 37.0 Å². The molecule has 6 heteroatoms.